The fourth-order valence-electron chi connectivity index (χ4n) is 1.86. The standard InChI is InChI=1S/C14H20F2N2O2/c1-9(12-6-10(15)4-5-13(12)16)18(2)14(19)7-11(8-17)20-3/h4-6,9,11H,7-8,17H2,1-3H3. The molecule has 112 valence electrons. The molecule has 1 aromatic carbocycles. The number of nitrogens with zero attached hydrogens (tertiary/aromatic N) is 1. The molecule has 0 saturated heterocycles. The highest BCUT2D eigenvalue weighted by atomic mass is 19.1. The van der Waals surface area contributed by atoms with E-state index in [1.807, 2.05) is 0 Å². The van der Waals surface area contributed by atoms with Crippen molar-refractivity contribution in [2.75, 3.05) is 20.7 Å². The Labute approximate surface area is 117 Å². The SMILES string of the molecule is COC(CN)CC(=O)N(C)C(C)c1cc(F)ccc1F. The van der Waals surface area contributed by atoms with Crippen molar-refractivity contribution in [3.63, 3.8) is 0 Å². The average Bonchev–Trinajstić information content (AvgIpc) is 2.45. The van der Waals surface area contributed by atoms with Gasteiger partial charge in [-0.05, 0) is 25.1 Å². The number of hydrogen-bond donors (Lipinski definition) is 1. The number of carbonyl (C=O) groups is 1. The van der Waals surface area contributed by atoms with Gasteiger partial charge in [-0.3, -0.25) is 4.79 Å². The number of hydrogen-bond acceptors (Lipinski definition) is 3. The molecule has 0 heterocycles. The molecule has 0 aliphatic rings. The van der Waals surface area contributed by atoms with E-state index in [1.54, 1.807) is 14.0 Å². The summed E-state index contributed by atoms with van der Waals surface area (Å²) in [7, 11) is 3.01. The van der Waals surface area contributed by atoms with E-state index >= 15 is 0 Å². The highest BCUT2D eigenvalue weighted by Crippen LogP contribution is 2.23. The van der Waals surface area contributed by atoms with Crippen LogP contribution in [0, 0.1) is 11.6 Å². The number of nitrogens with two attached hydrogens (primary N) is 1. The van der Waals surface area contributed by atoms with Gasteiger partial charge < -0.3 is 15.4 Å². The maximum absolute atomic E-state index is 13.7. The van der Waals surface area contributed by atoms with Gasteiger partial charge in [0.2, 0.25) is 5.91 Å². The molecule has 1 aromatic rings. The fraction of sp³-hybridized carbons (Fsp3) is 0.500. The summed E-state index contributed by atoms with van der Waals surface area (Å²) >= 11 is 0. The molecule has 0 aliphatic carbocycles. The molecule has 2 N–H and O–H groups in total. The van der Waals surface area contributed by atoms with Crippen molar-refractivity contribution in [3.05, 3.63) is 35.4 Å². The first-order chi connectivity index (χ1) is 9.40. The minimum Gasteiger partial charge on any atom is -0.380 e. The molecule has 0 saturated carbocycles. The van der Waals surface area contributed by atoms with Crippen LogP contribution in [-0.4, -0.2) is 37.6 Å². The second kappa shape index (κ2) is 7.31. The van der Waals surface area contributed by atoms with Crippen LogP contribution in [-0.2, 0) is 9.53 Å². The molecule has 0 aromatic heterocycles. The van der Waals surface area contributed by atoms with Crippen LogP contribution in [0.5, 0.6) is 0 Å². The molecule has 1 amide bonds. The van der Waals surface area contributed by atoms with Gasteiger partial charge in [0.25, 0.3) is 0 Å². The van der Waals surface area contributed by atoms with Crippen LogP contribution >= 0.6 is 0 Å². The first-order valence-corrected chi connectivity index (χ1v) is 6.34. The second-order valence-electron chi connectivity index (χ2n) is 4.64. The number of rotatable bonds is 6. The molecule has 0 fully saturated rings. The Balaban J connectivity index is 2.82. The molecule has 0 radical (unpaired) electrons. The Morgan fingerprint density at radius 3 is 2.65 bits per heavy atom. The van der Waals surface area contributed by atoms with Crippen LogP contribution in [0.4, 0.5) is 8.78 Å². The minimum atomic E-state index is -0.575. The van der Waals surface area contributed by atoms with Crippen molar-refractivity contribution in [2.24, 2.45) is 5.73 Å². The van der Waals surface area contributed by atoms with Crippen LogP contribution in [0.25, 0.3) is 0 Å². The number of ether oxygens (including phenoxy) is 1. The Morgan fingerprint density at radius 1 is 1.45 bits per heavy atom. The van der Waals surface area contributed by atoms with E-state index in [1.165, 1.54) is 12.0 Å². The lowest BCUT2D eigenvalue weighted by atomic mass is 10.1. The van der Waals surface area contributed by atoms with E-state index in [9.17, 15) is 13.6 Å². The number of halogens is 2. The smallest absolute Gasteiger partial charge is 0.225 e. The van der Waals surface area contributed by atoms with Gasteiger partial charge in [-0.1, -0.05) is 0 Å². The molecule has 6 heteroatoms. The molecular weight excluding hydrogens is 266 g/mol. The largest absolute Gasteiger partial charge is 0.380 e. The van der Waals surface area contributed by atoms with Crippen LogP contribution in [0.3, 0.4) is 0 Å². The Hall–Kier alpha value is -1.53. The van der Waals surface area contributed by atoms with Gasteiger partial charge in [0.15, 0.2) is 0 Å². The predicted octanol–water partition coefficient (Wildman–Crippen LogP) is 1.85. The van der Waals surface area contributed by atoms with Crippen LogP contribution in [0.2, 0.25) is 0 Å². The van der Waals surface area contributed by atoms with E-state index in [2.05, 4.69) is 0 Å². The zero-order chi connectivity index (χ0) is 15.3. The zero-order valence-corrected chi connectivity index (χ0v) is 11.9. The first kappa shape index (κ1) is 16.5. The van der Waals surface area contributed by atoms with Crippen molar-refractivity contribution in [1.82, 2.24) is 4.90 Å². The third kappa shape index (κ3) is 3.98. The van der Waals surface area contributed by atoms with Crippen LogP contribution < -0.4 is 5.73 Å². The van der Waals surface area contributed by atoms with E-state index in [4.69, 9.17) is 10.5 Å². The van der Waals surface area contributed by atoms with Gasteiger partial charge in [-0.15, -0.1) is 0 Å². The predicted molar refractivity (Wildman–Crippen MR) is 72.0 cm³/mol. The topological polar surface area (TPSA) is 55.6 Å². The summed E-state index contributed by atoms with van der Waals surface area (Å²) in [6.07, 6.45) is -0.278. The maximum atomic E-state index is 13.7. The highest BCUT2D eigenvalue weighted by Gasteiger charge is 2.22. The summed E-state index contributed by atoms with van der Waals surface area (Å²) in [5.41, 5.74) is 5.60. The van der Waals surface area contributed by atoms with Crippen LogP contribution in [0.15, 0.2) is 18.2 Å². The van der Waals surface area contributed by atoms with E-state index < -0.39 is 17.7 Å². The molecule has 2 unspecified atom stereocenters. The van der Waals surface area contributed by atoms with E-state index in [0.29, 0.717) is 0 Å². The Morgan fingerprint density at radius 2 is 2.10 bits per heavy atom. The van der Waals surface area contributed by atoms with E-state index in [0.717, 1.165) is 18.2 Å². The van der Waals surface area contributed by atoms with Crippen molar-refractivity contribution < 1.29 is 18.3 Å². The number of amides is 1. The number of carbonyl (C=O) groups excluding carboxylic acids is 1. The van der Waals surface area contributed by atoms with Gasteiger partial charge in [0, 0.05) is 26.3 Å². The third-order valence-corrected chi connectivity index (χ3v) is 3.38. The summed E-state index contributed by atoms with van der Waals surface area (Å²) in [6.45, 7) is 1.86. The molecule has 0 aliphatic heterocycles. The van der Waals surface area contributed by atoms with Gasteiger partial charge in [0.05, 0.1) is 18.6 Å². The molecule has 4 nitrogen and oxygen atoms in total. The first-order valence-electron chi connectivity index (χ1n) is 6.34. The van der Waals surface area contributed by atoms with Crippen LogP contribution in [0.1, 0.15) is 24.9 Å². The van der Waals surface area contributed by atoms with Gasteiger partial charge in [-0.2, -0.15) is 0 Å². The fourth-order valence-corrected chi connectivity index (χ4v) is 1.86. The highest BCUT2D eigenvalue weighted by molar-refractivity contribution is 5.77. The molecule has 0 spiro atoms. The normalized spacial score (nSPS) is 13.9. The second-order valence-corrected chi connectivity index (χ2v) is 4.64. The van der Waals surface area contributed by atoms with Crippen molar-refractivity contribution in [2.45, 2.75) is 25.5 Å². The summed E-state index contributed by atoms with van der Waals surface area (Å²) in [6, 6.07) is 2.62. The summed E-state index contributed by atoms with van der Waals surface area (Å²) in [5, 5.41) is 0. The maximum Gasteiger partial charge on any atom is 0.225 e. The van der Waals surface area contributed by atoms with Crippen molar-refractivity contribution in [1.29, 1.82) is 0 Å². The van der Waals surface area contributed by atoms with Crippen molar-refractivity contribution in [3.8, 4) is 0 Å². The quantitative estimate of drug-likeness (QED) is 0.868. The minimum absolute atomic E-state index is 0.102. The zero-order valence-electron chi connectivity index (χ0n) is 11.9. The molecule has 1 rings (SSSR count). The Bertz CT molecular complexity index is 464. The lowest BCUT2D eigenvalue weighted by Crippen LogP contribution is -2.35. The van der Waals surface area contributed by atoms with Gasteiger partial charge in [-0.25, -0.2) is 8.78 Å². The number of methoxy groups -OCH3 is 1. The monoisotopic (exact) mass is 286 g/mol. The van der Waals surface area contributed by atoms with E-state index in [-0.39, 0.29) is 30.5 Å². The van der Waals surface area contributed by atoms with Gasteiger partial charge >= 0.3 is 0 Å². The number of benzene rings is 1. The van der Waals surface area contributed by atoms with Crippen molar-refractivity contribution >= 4 is 5.91 Å². The van der Waals surface area contributed by atoms with Gasteiger partial charge in [0.1, 0.15) is 11.6 Å². The molecule has 2 atom stereocenters. The third-order valence-electron chi connectivity index (χ3n) is 3.38. The molecule has 20 heavy (non-hydrogen) atoms. The summed E-state index contributed by atoms with van der Waals surface area (Å²) in [5.74, 6) is -1.31. The molecular formula is C14H20F2N2O2. The lowest BCUT2D eigenvalue weighted by molar-refractivity contribution is -0.134. The summed E-state index contributed by atoms with van der Waals surface area (Å²) in [4.78, 5) is 13.4. The lowest BCUT2D eigenvalue weighted by Gasteiger charge is -2.27. The summed E-state index contributed by atoms with van der Waals surface area (Å²) < 4.78 is 31.9. The Kier molecular flexibility index (Phi) is 6.04. The average molecular weight is 286 g/mol. The molecule has 0 bridgehead atoms.